The Balaban J connectivity index is 2.56. The molecule has 0 amide bonds. The summed E-state index contributed by atoms with van der Waals surface area (Å²) in [4.78, 5) is 13.2. The van der Waals surface area contributed by atoms with Crippen molar-refractivity contribution < 1.29 is 43.4 Å². The molecule has 0 aliphatic carbocycles. The van der Waals surface area contributed by atoms with Gasteiger partial charge in [-0.1, -0.05) is 0 Å². The molecule has 3 N–H and O–H groups in total. The zero-order chi connectivity index (χ0) is 22.2. The van der Waals surface area contributed by atoms with Gasteiger partial charge < -0.3 is 43.4 Å². The van der Waals surface area contributed by atoms with E-state index in [0.717, 1.165) is 12.1 Å². The summed E-state index contributed by atoms with van der Waals surface area (Å²) in [6.07, 6.45) is 0. The Bertz CT molecular complexity index is 1180. The topological polar surface area (TPSA) is 137 Å². The van der Waals surface area contributed by atoms with E-state index in [0.29, 0.717) is 0 Å². The predicted octanol–water partition coefficient (Wildman–Crippen LogP) is 2.62. The number of phenolic OH excluding ortho intramolecular Hbond substituents is 3. The average molecular weight is 420 g/mol. The lowest BCUT2D eigenvalue weighted by atomic mass is 10.1. The maximum absolute atomic E-state index is 13.2. The molecule has 3 aromatic rings. The van der Waals surface area contributed by atoms with Gasteiger partial charge in [0.15, 0.2) is 28.6 Å². The first-order valence-corrected chi connectivity index (χ1v) is 8.50. The summed E-state index contributed by atoms with van der Waals surface area (Å²) in [5.41, 5.74) is -0.775. The molecule has 0 saturated heterocycles. The van der Waals surface area contributed by atoms with Crippen LogP contribution in [0, 0.1) is 0 Å². The van der Waals surface area contributed by atoms with E-state index in [9.17, 15) is 20.1 Å². The number of fused-ring (bicyclic) bond motifs is 1. The lowest BCUT2D eigenvalue weighted by Gasteiger charge is -2.18. The van der Waals surface area contributed by atoms with Gasteiger partial charge in [0.05, 0.1) is 41.1 Å². The Morgan fingerprint density at radius 2 is 1.30 bits per heavy atom. The van der Waals surface area contributed by atoms with E-state index in [1.54, 1.807) is 0 Å². The molecule has 0 aliphatic heterocycles. The molecule has 0 atom stereocenters. The van der Waals surface area contributed by atoms with Crippen LogP contribution in [0.3, 0.4) is 0 Å². The molecule has 0 fully saturated rings. The van der Waals surface area contributed by atoms with Gasteiger partial charge in [0.2, 0.25) is 28.4 Å². The molecular formula is C20H20O10. The summed E-state index contributed by atoms with van der Waals surface area (Å²) >= 11 is 0. The zero-order valence-corrected chi connectivity index (χ0v) is 16.9. The van der Waals surface area contributed by atoms with Gasteiger partial charge >= 0.3 is 0 Å². The zero-order valence-electron chi connectivity index (χ0n) is 16.9. The smallest absolute Gasteiger partial charge is 0.239 e. The number of aromatic hydroxyl groups is 3. The fraction of sp³-hybridized carbons (Fsp3) is 0.250. The van der Waals surface area contributed by atoms with Crippen molar-refractivity contribution in [1.29, 1.82) is 0 Å². The van der Waals surface area contributed by atoms with Crippen LogP contribution in [-0.2, 0) is 0 Å². The van der Waals surface area contributed by atoms with Gasteiger partial charge in [-0.2, -0.15) is 0 Å². The standard InChI is InChI=1S/C20H20O10/c1-25-11-7-10(22)9(21)6-8(11)15-17(26-2)13(23)12-14(24)18(27-3)20(29-5)19(28-4)16(12)30-15/h6-7,21-22,24H,1-5H3. The highest BCUT2D eigenvalue weighted by atomic mass is 16.5. The van der Waals surface area contributed by atoms with Gasteiger partial charge in [-0.15, -0.1) is 0 Å². The first-order valence-electron chi connectivity index (χ1n) is 8.50. The summed E-state index contributed by atoms with van der Waals surface area (Å²) in [5, 5.41) is 30.1. The molecule has 2 aromatic carbocycles. The van der Waals surface area contributed by atoms with E-state index in [2.05, 4.69) is 0 Å². The van der Waals surface area contributed by atoms with E-state index in [4.69, 9.17) is 28.1 Å². The highest BCUT2D eigenvalue weighted by Crippen LogP contribution is 2.51. The molecule has 3 rings (SSSR count). The van der Waals surface area contributed by atoms with Crippen molar-refractivity contribution in [2.75, 3.05) is 35.5 Å². The van der Waals surface area contributed by atoms with Crippen molar-refractivity contribution in [1.82, 2.24) is 0 Å². The van der Waals surface area contributed by atoms with Crippen molar-refractivity contribution in [2.24, 2.45) is 0 Å². The highest BCUT2D eigenvalue weighted by molar-refractivity contribution is 5.96. The second kappa shape index (κ2) is 7.82. The van der Waals surface area contributed by atoms with E-state index in [1.807, 2.05) is 0 Å². The summed E-state index contributed by atoms with van der Waals surface area (Å²) < 4.78 is 32.2. The normalized spacial score (nSPS) is 10.7. The van der Waals surface area contributed by atoms with Crippen LogP contribution in [0.25, 0.3) is 22.3 Å². The third-order valence-electron chi connectivity index (χ3n) is 4.50. The van der Waals surface area contributed by atoms with Crippen LogP contribution in [0.4, 0.5) is 0 Å². The molecule has 0 unspecified atom stereocenters. The number of hydrogen-bond acceptors (Lipinski definition) is 10. The van der Waals surface area contributed by atoms with Gasteiger partial charge in [0, 0.05) is 6.07 Å². The van der Waals surface area contributed by atoms with Gasteiger partial charge in [0.1, 0.15) is 11.1 Å². The summed E-state index contributed by atoms with van der Waals surface area (Å²) in [6.45, 7) is 0. The van der Waals surface area contributed by atoms with Crippen LogP contribution in [-0.4, -0.2) is 50.9 Å². The van der Waals surface area contributed by atoms with E-state index >= 15 is 0 Å². The van der Waals surface area contributed by atoms with Gasteiger partial charge in [-0.3, -0.25) is 4.79 Å². The molecule has 0 radical (unpaired) electrons. The quantitative estimate of drug-likeness (QED) is 0.510. The Morgan fingerprint density at radius 1 is 0.733 bits per heavy atom. The highest BCUT2D eigenvalue weighted by Gasteiger charge is 2.30. The molecule has 0 bridgehead atoms. The summed E-state index contributed by atoms with van der Waals surface area (Å²) in [5.74, 6) is -1.88. The van der Waals surface area contributed by atoms with Gasteiger partial charge in [-0.05, 0) is 6.07 Å². The van der Waals surface area contributed by atoms with Crippen LogP contribution in [0.15, 0.2) is 21.3 Å². The lowest BCUT2D eigenvalue weighted by molar-refractivity contribution is 0.310. The van der Waals surface area contributed by atoms with Crippen molar-refractivity contribution in [3.05, 3.63) is 22.4 Å². The molecule has 0 aliphatic rings. The van der Waals surface area contributed by atoms with Crippen molar-refractivity contribution in [3.63, 3.8) is 0 Å². The minimum Gasteiger partial charge on any atom is -0.504 e. The number of benzene rings is 2. The average Bonchev–Trinajstić information content (AvgIpc) is 2.74. The number of ether oxygens (including phenoxy) is 5. The number of rotatable bonds is 6. The SMILES string of the molecule is COc1cc(O)c(O)cc1-c1oc2c(OC)c(OC)c(OC)c(O)c2c(=O)c1OC. The third-order valence-corrected chi connectivity index (χ3v) is 4.50. The van der Waals surface area contributed by atoms with Crippen molar-refractivity contribution >= 4 is 11.0 Å². The van der Waals surface area contributed by atoms with Crippen LogP contribution in [0.5, 0.6) is 46.0 Å². The maximum atomic E-state index is 13.2. The molecule has 30 heavy (non-hydrogen) atoms. The number of methoxy groups -OCH3 is 5. The second-order valence-corrected chi connectivity index (χ2v) is 5.99. The Hall–Kier alpha value is -3.95. The molecule has 10 nitrogen and oxygen atoms in total. The molecule has 0 spiro atoms. The van der Waals surface area contributed by atoms with Gasteiger partial charge in [0.25, 0.3) is 0 Å². The fourth-order valence-electron chi connectivity index (χ4n) is 3.15. The van der Waals surface area contributed by atoms with Crippen LogP contribution < -0.4 is 29.1 Å². The molecular weight excluding hydrogens is 400 g/mol. The molecule has 10 heteroatoms. The van der Waals surface area contributed by atoms with Crippen LogP contribution in [0.2, 0.25) is 0 Å². The summed E-state index contributed by atoms with van der Waals surface area (Å²) in [7, 11) is 6.52. The van der Waals surface area contributed by atoms with Crippen molar-refractivity contribution in [3.8, 4) is 57.3 Å². The van der Waals surface area contributed by atoms with Crippen LogP contribution in [0.1, 0.15) is 0 Å². The van der Waals surface area contributed by atoms with E-state index in [1.165, 1.54) is 35.5 Å². The predicted molar refractivity (Wildman–Crippen MR) is 106 cm³/mol. The molecule has 160 valence electrons. The largest absolute Gasteiger partial charge is 0.504 e. The van der Waals surface area contributed by atoms with Crippen molar-refractivity contribution in [2.45, 2.75) is 0 Å². The van der Waals surface area contributed by atoms with Gasteiger partial charge in [-0.25, -0.2) is 0 Å². The molecule has 1 aromatic heterocycles. The monoisotopic (exact) mass is 420 g/mol. The fourth-order valence-corrected chi connectivity index (χ4v) is 3.15. The first-order chi connectivity index (χ1) is 14.3. The Morgan fingerprint density at radius 3 is 1.83 bits per heavy atom. The number of hydrogen-bond donors (Lipinski definition) is 3. The Kier molecular flexibility index (Phi) is 5.41. The first kappa shape index (κ1) is 20.8. The minimum atomic E-state index is -0.736. The van der Waals surface area contributed by atoms with E-state index < -0.39 is 22.7 Å². The molecule has 0 saturated carbocycles. The van der Waals surface area contributed by atoms with Crippen LogP contribution >= 0.6 is 0 Å². The Labute approximate surface area is 170 Å². The molecule has 1 heterocycles. The maximum Gasteiger partial charge on any atom is 0.239 e. The number of phenols is 3. The lowest BCUT2D eigenvalue weighted by Crippen LogP contribution is -2.10. The second-order valence-electron chi connectivity index (χ2n) is 5.99. The minimum absolute atomic E-state index is 0.00443. The van der Waals surface area contributed by atoms with E-state index in [-0.39, 0.29) is 51.0 Å². The summed E-state index contributed by atoms with van der Waals surface area (Å²) in [6, 6.07) is 2.30. The third kappa shape index (κ3) is 2.93.